The van der Waals surface area contributed by atoms with Gasteiger partial charge in [-0.2, -0.15) is 0 Å². The van der Waals surface area contributed by atoms with Crippen LogP contribution in [-0.2, 0) is 9.53 Å². The molecule has 0 saturated heterocycles. The largest absolute Gasteiger partial charge is 0.459 e. The predicted octanol–water partition coefficient (Wildman–Crippen LogP) is 1.42. The van der Waals surface area contributed by atoms with Crippen LogP contribution >= 0.6 is 11.8 Å². The molecule has 0 aliphatic carbocycles. The van der Waals surface area contributed by atoms with E-state index in [2.05, 4.69) is 5.32 Å². The molecule has 0 aromatic heterocycles. The third-order valence-corrected chi connectivity index (χ3v) is 3.01. The minimum absolute atomic E-state index is 0.171. The summed E-state index contributed by atoms with van der Waals surface area (Å²) in [6.07, 6.45) is 0.717. The zero-order valence-electron chi connectivity index (χ0n) is 11.3. The third-order valence-electron chi connectivity index (χ3n) is 1.93. The maximum absolute atomic E-state index is 11.4. The predicted molar refractivity (Wildman–Crippen MR) is 72.3 cm³/mol. The van der Waals surface area contributed by atoms with Gasteiger partial charge in [0.05, 0.1) is 5.75 Å². The van der Waals surface area contributed by atoms with E-state index in [4.69, 9.17) is 9.84 Å². The minimum Gasteiger partial charge on any atom is -0.459 e. The van der Waals surface area contributed by atoms with Crippen molar-refractivity contribution in [2.75, 3.05) is 24.7 Å². The highest BCUT2D eigenvalue weighted by Gasteiger charge is 2.16. The second kappa shape index (κ2) is 8.78. The van der Waals surface area contributed by atoms with E-state index >= 15 is 0 Å². The second-order valence-electron chi connectivity index (χ2n) is 4.87. The molecule has 0 aliphatic heterocycles. The zero-order chi connectivity index (χ0) is 13.3. The lowest BCUT2D eigenvalue weighted by Crippen LogP contribution is -2.32. The number of ether oxygens (including phenoxy) is 1. The van der Waals surface area contributed by atoms with E-state index < -0.39 is 5.60 Å². The Bertz CT molecular complexity index is 210. The molecule has 0 aliphatic rings. The lowest BCUT2D eigenvalue weighted by Gasteiger charge is -2.20. The first-order chi connectivity index (χ1) is 7.89. The van der Waals surface area contributed by atoms with Gasteiger partial charge in [-0.05, 0) is 33.7 Å². The average Bonchev–Trinajstić information content (AvgIpc) is 2.15. The van der Waals surface area contributed by atoms with E-state index in [1.807, 2.05) is 27.7 Å². The molecule has 0 spiro atoms. The fourth-order valence-corrected chi connectivity index (χ4v) is 2.26. The van der Waals surface area contributed by atoms with Gasteiger partial charge in [0.15, 0.2) is 0 Å². The van der Waals surface area contributed by atoms with Crippen LogP contribution in [0.5, 0.6) is 0 Å². The second-order valence-corrected chi connectivity index (χ2v) is 5.90. The Labute approximate surface area is 108 Å². The highest BCUT2D eigenvalue weighted by atomic mass is 32.2. The van der Waals surface area contributed by atoms with Gasteiger partial charge in [-0.3, -0.25) is 4.79 Å². The Morgan fingerprint density at radius 1 is 1.47 bits per heavy atom. The topological polar surface area (TPSA) is 58.6 Å². The fraction of sp³-hybridized carbons (Fsp3) is 0.917. The maximum Gasteiger partial charge on any atom is 0.316 e. The van der Waals surface area contributed by atoms with Crippen molar-refractivity contribution in [2.45, 2.75) is 45.8 Å². The van der Waals surface area contributed by atoms with Crippen molar-refractivity contribution in [3.63, 3.8) is 0 Å². The molecule has 0 rings (SSSR count). The summed E-state index contributed by atoms with van der Waals surface area (Å²) in [5.41, 5.74) is -0.413. The van der Waals surface area contributed by atoms with Crippen molar-refractivity contribution in [3.05, 3.63) is 0 Å². The first kappa shape index (κ1) is 16.7. The summed E-state index contributed by atoms with van der Waals surface area (Å²) in [6, 6.07) is 0.262. The summed E-state index contributed by atoms with van der Waals surface area (Å²) in [7, 11) is 0. The summed E-state index contributed by atoms with van der Waals surface area (Å²) in [6.45, 7) is 8.67. The van der Waals surface area contributed by atoms with Gasteiger partial charge < -0.3 is 15.2 Å². The fourth-order valence-electron chi connectivity index (χ4n) is 1.34. The maximum atomic E-state index is 11.4. The minimum atomic E-state index is -0.413. The molecular weight excluding hydrogens is 238 g/mol. The smallest absolute Gasteiger partial charge is 0.316 e. The molecule has 0 heterocycles. The Balaban J connectivity index is 3.76. The van der Waals surface area contributed by atoms with Crippen molar-refractivity contribution >= 4 is 17.7 Å². The quantitative estimate of drug-likeness (QED) is 0.649. The zero-order valence-corrected chi connectivity index (χ0v) is 12.1. The molecule has 17 heavy (non-hydrogen) atoms. The van der Waals surface area contributed by atoms with E-state index in [0.29, 0.717) is 5.75 Å². The van der Waals surface area contributed by atoms with Crippen LogP contribution in [0.4, 0.5) is 0 Å². The number of thioether (sulfide) groups is 1. The van der Waals surface area contributed by atoms with Crippen LogP contribution in [0.25, 0.3) is 0 Å². The molecule has 0 fully saturated rings. The molecule has 0 amide bonds. The molecule has 102 valence electrons. The van der Waals surface area contributed by atoms with Gasteiger partial charge in [0.2, 0.25) is 0 Å². The molecule has 1 atom stereocenters. The molecule has 0 bridgehead atoms. The van der Waals surface area contributed by atoms with Crippen molar-refractivity contribution < 1.29 is 14.6 Å². The van der Waals surface area contributed by atoms with Gasteiger partial charge in [-0.15, -0.1) is 11.8 Å². The molecule has 0 aromatic carbocycles. The number of carbonyl (C=O) groups excluding carboxylic acids is 1. The van der Waals surface area contributed by atoms with Crippen LogP contribution in [0.15, 0.2) is 0 Å². The van der Waals surface area contributed by atoms with E-state index in [1.54, 1.807) is 11.8 Å². The van der Waals surface area contributed by atoms with Crippen molar-refractivity contribution in [1.82, 2.24) is 5.32 Å². The van der Waals surface area contributed by atoms with Crippen LogP contribution in [0, 0.1) is 0 Å². The van der Waals surface area contributed by atoms with Crippen molar-refractivity contribution in [2.24, 2.45) is 0 Å². The normalized spacial score (nSPS) is 13.5. The lowest BCUT2D eigenvalue weighted by atomic mass is 10.2. The highest BCUT2D eigenvalue weighted by Crippen LogP contribution is 2.11. The summed E-state index contributed by atoms with van der Waals surface area (Å²) >= 11 is 1.54. The Hall–Kier alpha value is -0.260. The van der Waals surface area contributed by atoms with Gasteiger partial charge in [-0.1, -0.05) is 6.92 Å². The molecule has 0 radical (unpaired) electrons. The van der Waals surface area contributed by atoms with Gasteiger partial charge in [-0.25, -0.2) is 0 Å². The Morgan fingerprint density at radius 2 is 2.12 bits per heavy atom. The summed E-state index contributed by atoms with van der Waals surface area (Å²) in [4.78, 5) is 11.4. The number of hydrogen-bond acceptors (Lipinski definition) is 5. The SMILES string of the molecule is CCNC(CCO)CSCC(=O)OC(C)(C)C. The van der Waals surface area contributed by atoms with E-state index in [1.165, 1.54) is 0 Å². The van der Waals surface area contributed by atoms with Crippen LogP contribution in [0.2, 0.25) is 0 Å². The van der Waals surface area contributed by atoms with Crippen molar-refractivity contribution in [3.8, 4) is 0 Å². The van der Waals surface area contributed by atoms with Gasteiger partial charge in [0, 0.05) is 18.4 Å². The summed E-state index contributed by atoms with van der Waals surface area (Å²) in [5.74, 6) is 1.000. The Kier molecular flexibility index (Phi) is 8.64. The molecular formula is C12H25NO3S. The molecule has 4 nitrogen and oxygen atoms in total. The number of aliphatic hydroxyl groups excluding tert-OH is 1. The molecule has 1 unspecified atom stereocenters. The van der Waals surface area contributed by atoms with Gasteiger partial charge in [0.25, 0.3) is 0 Å². The first-order valence-electron chi connectivity index (χ1n) is 6.03. The third kappa shape index (κ3) is 10.6. The average molecular weight is 263 g/mol. The van der Waals surface area contributed by atoms with Crippen molar-refractivity contribution in [1.29, 1.82) is 0 Å². The Morgan fingerprint density at radius 3 is 2.59 bits per heavy atom. The van der Waals surface area contributed by atoms with E-state index in [0.717, 1.165) is 18.7 Å². The van der Waals surface area contributed by atoms with Crippen LogP contribution < -0.4 is 5.32 Å². The van der Waals surface area contributed by atoms with E-state index in [-0.39, 0.29) is 18.6 Å². The number of nitrogens with one attached hydrogen (secondary N) is 1. The number of esters is 1. The highest BCUT2D eigenvalue weighted by molar-refractivity contribution is 7.99. The number of carbonyl (C=O) groups is 1. The van der Waals surface area contributed by atoms with Crippen LogP contribution in [-0.4, -0.2) is 47.4 Å². The summed E-state index contributed by atoms with van der Waals surface area (Å²) in [5, 5.41) is 12.2. The van der Waals surface area contributed by atoms with Gasteiger partial charge in [0.1, 0.15) is 5.60 Å². The summed E-state index contributed by atoms with van der Waals surface area (Å²) < 4.78 is 5.21. The lowest BCUT2D eigenvalue weighted by molar-refractivity contribution is -0.151. The molecule has 5 heteroatoms. The first-order valence-corrected chi connectivity index (χ1v) is 7.18. The number of hydrogen-bond donors (Lipinski definition) is 2. The molecule has 0 aromatic rings. The van der Waals surface area contributed by atoms with Gasteiger partial charge >= 0.3 is 5.97 Å². The van der Waals surface area contributed by atoms with E-state index in [9.17, 15) is 4.79 Å². The van der Waals surface area contributed by atoms with Crippen LogP contribution in [0.1, 0.15) is 34.1 Å². The van der Waals surface area contributed by atoms with Crippen LogP contribution in [0.3, 0.4) is 0 Å². The standard InChI is InChI=1S/C12H25NO3S/c1-5-13-10(6-7-14)8-17-9-11(15)16-12(2,3)4/h10,13-14H,5-9H2,1-4H3. The number of aliphatic hydroxyl groups is 1. The number of rotatable bonds is 8. The molecule has 0 saturated carbocycles. The molecule has 2 N–H and O–H groups in total. The monoisotopic (exact) mass is 263 g/mol.